The van der Waals surface area contributed by atoms with Crippen LogP contribution < -0.4 is 25.0 Å². The van der Waals surface area contributed by atoms with E-state index < -0.39 is 12.0 Å². The Morgan fingerprint density at radius 2 is 1.80 bits per heavy atom. The van der Waals surface area contributed by atoms with E-state index in [1.807, 2.05) is 42.5 Å². The highest BCUT2D eigenvalue weighted by molar-refractivity contribution is 5.95. The molecule has 2 aromatic carbocycles. The molecule has 2 aliphatic rings. The van der Waals surface area contributed by atoms with Gasteiger partial charge in [0.25, 0.3) is 0 Å². The summed E-state index contributed by atoms with van der Waals surface area (Å²) in [5, 5.41) is 5.74. The minimum Gasteiger partial charge on any atom is -0.497 e. The molecule has 2 N–H and O–H groups in total. The van der Waals surface area contributed by atoms with Crippen LogP contribution in [-0.4, -0.2) is 70.5 Å². The van der Waals surface area contributed by atoms with Gasteiger partial charge in [-0.1, -0.05) is 24.3 Å². The van der Waals surface area contributed by atoms with Crippen molar-refractivity contribution in [2.24, 2.45) is 0 Å². The number of methoxy groups -OCH3 is 2. The number of carbonyl (C=O) groups excluding carboxylic acids is 2. The molecule has 2 aromatic rings. The van der Waals surface area contributed by atoms with E-state index in [1.165, 1.54) is 0 Å². The molecule has 0 aromatic heterocycles. The molecular weight excluding hydrogens is 448 g/mol. The summed E-state index contributed by atoms with van der Waals surface area (Å²) in [4.78, 5) is 30.2. The Kier molecular flexibility index (Phi) is 7.77. The molecule has 1 fully saturated rings. The molecule has 0 bridgehead atoms. The van der Waals surface area contributed by atoms with E-state index >= 15 is 0 Å². The van der Waals surface area contributed by atoms with E-state index in [-0.39, 0.29) is 12.6 Å². The highest BCUT2D eigenvalue weighted by Gasteiger charge is 2.35. The summed E-state index contributed by atoms with van der Waals surface area (Å²) in [6, 6.07) is 14.3. The Balaban J connectivity index is 1.57. The number of carbonyl (C=O) groups is 2. The number of anilines is 1. The third-order valence-corrected chi connectivity index (χ3v) is 6.26. The first-order chi connectivity index (χ1) is 17.0. The maximum absolute atomic E-state index is 13.1. The number of hydrogen-bond donors (Lipinski definition) is 2. The van der Waals surface area contributed by atoms with Crippen molar-refractivity contribution in [2.45, 2.75) is 13.0 Å². The summed E-state index contributed by atoms with van der Waals surface area (Å²) < 4.78 is 16.2. The second kappa shape index (κ2) is 11.1. The first-order valence-corrected chi connectivity index (χ1v) is 11.8. The molecule has 35 heavy (non-hydrogen) atoms. The lowest BCUT2D eigenvalue weighted by Gasteiger charge is -2.38. The van der Waals surface area contributed by atoms with Crippen LogP contribution in [-0.2, 0) is 9.53 Å². The lowest BCUT2D eigenvalue weighted by Crippen LogP contribution is -2.51. The third-order valence-electron chi connectivity index (χ3n) is 6.26. The van der Waals surface area contributed by atoms with Crippen LogP contribution in [0.4, 0.5) is 10.5 Å². The van der Waals surface area contributed by atoms with Gasteiger partial charge in [-0.05, 0) is 36.8 Å². The quantitative estimate of drug-likeness (QED) is 0.562. The SMILES string of the molecule is CCOC(=O)C1=C(CN2CCN(c3ccccc3OC)CC2)NC(=O)NC1c1cccc(OC)c1. The summed E-state index contributed by atoms with van der Waals surface area (Å²) in [5.74, 6) is 1.04. The van der Waals surface area contributed by atoms with Gasteiger partial charge in [-0.15, -0.1) is 0 Å². The summed E-state index contributed by atoms with van der Waals surface area (Å²) in [6.07, 6.45) is 0. The Morgan fingerprint density at radius 3 is 2.51 bits per heavy atom. The Hall–Kier alpha value is -3.72. The fourth-order valence-corrected chi connectivity index (χ4v) is 4.53. The van der Waals surface area contributed by atoms with Gasteiger partial charge in [-0.25, -0.2) is 9.59 Å². The molecule has 4 rings (SSSR count). The highest BCUT2D eigenvalue weighted by atomic mass is 16.5. The van der Waals surface area contributed by atoms with Crippen LogP contribution in [0.5, 0.6) is 11.5 Å². The van der Waals surface area contributed by atoms with Crippen LogP contribution >= 0.6 is 0 Å². The number of esters is 1. The first kappa shape index (κ1) is 24.4. The van der Waals surface area contributed by atoms with Gasteiger partial charge in [0.05, 0.1) is 38.1 Å². The van der Waals surface area contributed by atoms with E-state index in [1.54, 1.807) is 21.1 Å². The average Bonchev–Trinajstić information content (AvgIpc) is 2.89. The second-order valence-electron chi connectivity index (χ2n) is 8.36. The number of urea groups is 1. The summed E-state index contributed by atoms with van der Waals surface area (Å²) in [7, 11) is 3.26. The molecule has 9 nitrogen and oxygen atoms in total. The Bertz CT molecular complexity index is 1090. The van der Waals surface area contributed by atoms with Gasteiger partial charge in [0.1, 0.15) is 11.5 Å². The van der Waals surface area contributed by atoms with Crippen molar-refractivity contribution in [1.29, 1.82) is 0 Å². The smallest absolute Gasteiger partial charge is 0.338 e. The van der Waals surface area contributed by atoms with Crippen LogP contribution in [0.3, 0.4) is 0 Å². The number of benzene rings is 2. The van der Waals surface area contributed by atoms with Crippen LogP contribution in [0.25, 0.3) is 0 Å². The molecule has 1 unspecified atom stereocenters. The lowest BCUT2D eigenvalue weighted by atomic mass is 9.94. The molecule has 2 amide bonds. The number of nitrogens with one attached hydrogen (secondary N) is 2. The minimum absolute atomic E-state index is 0.242. The molecule has 2 aliphatic heterocycles. The normalized spacial score (nSPS) is 18.5. The maximum Gasteiger partial charge on any atom is 0.338 e. The number of rotatable bonds is 8. The Morgan fingerprint density at radius 1 is 1.03 bits per heavy atom. The summed E-state index contributed by atoms with van der Waals surface area (Å²) in [6.45, 7) is 5.58. The second-order valence-corrected chi connectivity index (χ2v) is 8.36. The van der Waals surface area contributed by atoms with Crippen molar-refractivity contribution < 1.29 is 23.8 Å². The average molecular weight is 481 g/mol. The molecule has 1 saturated heterocycles. The van der Waals surface area contributed by atoms with Crippen molar-refractivity contribution in [3.8, 4) is 11.5 Å². The first-order valence-electron chi connectivity index (χ1n) is 11.8. The molecule has 0 aliphatic carbocycles. The van der Waals surface area contributed by atoms with Crippen LogP contribution in [0.1, 0.15) is 18.5 Å². The molecule has 1 atom stereocenters. The maximum atomic E-state index is 13.1. The molecule has 9 heteroatoms. The predicted octanol–water partition coefficient (Wildman–Crippen LogP) is 2.70. The number of ether oxygens (including phenoxy) is 3. The third kappa shape index (κ3) is 5.51. The fourth-order valence-electron chi connectivity index (χ4n) is 4.53. The van der Waals surface area contributed by atoms with E-state index in [2.05, 4.69) is 26.5 Å². The lowest BCUT2D eigenvalue weighted by molar-refractivity contribution is -0.139. The monoisotopic (exact) mass is 480 g/mol. The number of hydrogen-bond acceptors (Lipinski definition) is 7. The van der Waals surface area contributed by atoms with Gasteiger partial charge in [0.2, 0.25) is 0 Å². The van der Waals surface area contributed by atoms with E-state index in [0.29, 0.717) is 23.6 Å². The van der Waals surface area contributed by atoms with E-state index in [9.17, 15) is 9.59 Å². The standard InChI is InChI=1S/C26H32N4O5/c1-4-35-25(31)23-20(27-26(32)28-24(23)18-8-7-9-19(16-18)33-2)17-29-12-14-30(15-13-29)21-10-5-6-11-22(21)34-3/h5-11,16,24H,4,12-15,17H2,1-3H3,(H2,27,28,32). The van der Waals surface area contributed by atoms with Gasteiger partial charge >= 0.3 is 12.0 Å². The Labute approximate surface area is 205 Å². The summed E-state index contributed by atoms with van der Waals surface area (Å²) >= 11 is 0. The minimum atomic E-state index is -0.636. The number of piperazine rings is 1. The van der Waals surface area contributed by atoms with E-state index in [0.717, 1.165) is 43.2 Å². The van der Waals surface area contributed by atoms with Crippen LogP contribution in [0.15, 0.2) is 59.8 Å². The molecule has 186 valence electrons. The van der Waals surface area contributed by atoms with Crippen molar-refractivity contribution in [3.05, 3.63) is 65.4 Å². The van der Waals surface area contributed by atoms with Crippen molar-refractivity contribution in [3.63, 3.8) is 0 Å². The van der Waals surface area contributed by atoms with Gasteiger partial charge < -0.3 is 29.7 Å². The highest BCUT2D eigenvalue weighted by Crippen LogP contribution is 2.31. The number of amides is 2. The topological polar surface area (TPSA) is 92.4 Å². The zero-order valence-electron chi connectivity index (χ0n) is 20.4. The summed E-state index contributed by atoms with van der Waals surface area (Å²) in [5.41, 5.74) is 2.78. The molecule has 0 saturated carbocycles. The molecule has 0 spiro atoms. The predicted molar refractivity (Wildman–Crippen MR) is 133 cm³/mol. The van der Waals surface area contributed by atoms with Gasteiger partial charge in [-0.3, -0.25) is 4.90 Å². The number of para-hydroxylation sites is 2. The fraction of sp³-hybridized carbons (Fsp3) is 0.385. The van der Waals surface area contributed by atoms with Crippen molar-refractivity contribution in [1.82, 2.24) is 15.5 Å². The van der Waals surface area contributed by atoms with Crippen molar-refractivity contribution in [2.75, 3.05) is 58.5 Å². The molecule has 0 radical (unpaired) electrons. The van der Waals surface area contributed by atoms with Gasteiger partial charge in [0, 0.05) is 38.4 Å². The molecular formula is C26H32N4O5. The van der Waals surface area contributed by atoms with Gasteiger partial charge in [-0.2, -0.15) is 0 Å². The zero-order valence-corrected chi connectivity index (χ0v) is 20.4. The van der Waals surface area contributed by atoms with Crippen molar-refractivity contribution >= 4 is 17.7 Å². The number of nitrogens with zero attached hydrogens (tertiary/aromatic N) is 2. The van der Waals surface area contributed by atoms with Crippen LogP contribution in [0, 0.1) is 0 Å². The molecule has 2 heterocycles. The zero-order chi connectivity index (χ0) is 24.8. The van der Waals surface area contributed by atoms with Crippen LogP contribution in [0.2, 0.25) is 0 Å². The van der Waals surface area contributed by atoms with E-state index in [4.69, 9.17) is 14.2 Å². The van der Waals surface area contributed by atoms with Gasteiger partial charge in [0.15, 0.2) is 0 Å². The largest absolute Gasteiger partial charge is 0.497 e.